The number of carbonyl (C=O) groups excluding carboxylic acids is 4. The van der Waals surface area contributed by atoms with Gasteiger partial charge in [-0.05, 0) is 84.5 Å². The molecule has 4 aliphatic rings. The number of allylic oxidation sites excluding steroid dienone is 1. The predicted octanol–water partition coefficient (Wildman–Crippen LogP) is 3.17. The van der Waals surface area contributed by atoms with Crippen LogP contribution in [0.4, 0.5) is 4.79 Å². The number of carbonyl (C=O) groups is 4. The van der Waals surface area contributed by atoms with E-state index in [1.165, 1.54) is 4.90 Å². The lowest BCUT2D eigenvalue weighted by molar-refractivity contribution is -0.142. The van der Waals surface area contributed by atoms with Gasteiger partial charge >= 0.3 is 6.09 Å². The van der Waals surface area contributed by atoms with Crippen LogP contribution in [0.25, 0.3) is 0 Å². The molecule has 2 aliphatic carbocycles. The first kappa shape index (κ1) is 33.0. The molecular formula is C29H45IN4O7S. The van der Waals surface area contributed by atoms with E-state index >= 15 is 0 Å². The Morgan fingerprint density at radius 1 is 1.17 bits per heavy atom. The Balaban J connectivity index is 1.63. The number of rotatable bonds is 4. The molecule has 42 heavy (non-hydrogen) atoms. The quantitative estimate of drug-likeness (QED) is 0.230. The number of alkyl carbamates (subject to hydrolysis) is 1. The van der Waals surface area contributed by atoms with Gasteiger partial charge in [-0.15, -0.1) is 0 Å². The van der Waals surface area contributed by atoms with Crippen LogP contribution in [0.1, 0.15) is 86.5 Å². The topological polar surface area (TPSA) is 151 Å². The maximum atomic E-state index is 14.1. The number of amides is 4. The van der Waals surface area contributed by atoms with Gasteiger partial charge in [0.25, 0.3) is 5.91 Å². The number of ether oxygens (including phenoxy) is 1. The van der Waals surface area contributed by atoms with Gasteiger partial charge in [0.2, 0.25) is 21.8 Å². The van der Waals surface area contributed by atoms with Crippen LogP contribution >= 0.6 is 22.6 Å². The van der Waals surface area contributed by atoms with E-state index in [4.69, 9.17) is 4.74 Å². The fraction of sp³-hybridized carbons (Fsp3) is 0.793. The van der Waals surface area contributed by atoms with Crippen LogP contribution in [0, 0.1) is 17.8 Å². The first-order valence-corrected chi connectivity index (χ1v) is 17.6. The summed E-state index contributed by atoms with van der Waals surface area (Å²) in [6, 6.07) is -1.78. The highest BCUT2D eigenvalue weighted by atomic mass is 127. The van der Waals surface area contributed by atoms with E-state index in [-0.39, 0.29) is 34.0 Å². The van der Waals surface area contributed by atoms with Gasteiger partial charge in [0, 0.05) is 16.4 Å². The van der Waals surface area contributed by atoms with Crippen molar-refractivity contribution in [3.63, 3.8) is 0 Å². The molecule has 7 atom stereocenters. The highest BCUT2D eigenvalue weighted by molar-refractivity contribution is 14.1. The van der Waals surface area contributed by atoms with E-state index in [9.17, 15) is 27.6 Å². The molecule has 3 fully saturated rings. The van der Waals surface area contributed by atoms with Crippen molar-refractivity contribution in [3.8, 4) is 0 Å². The summed E-state index contributed by atoms with van der Waals surface area (Å²) >= 11 is 2.20. The lowest BCUT2D eigenvalue weighted by atomic mass is 9.88. The molecule has 3 N–H and O–H groups in total. The summed E-state index contributed by atoms with van der Waals surface area (Å²) < 4.78 is 32.5. The standard InChI is InChI=1S/C29H45IN4O7S/c1-17-9-7-8-10-19-15-29(19,25(37)33-42(39,40)28(6)11-12-28)32-23(35)21-14-20(30)16-34(21)24(36)22(18(2)13-17)31-26(38)41-27(3,4)5/h8,10,17-22H,7,9,11-16H2,1-6H3,(H,31,38)(H,32,35)(H,33,37)/b10-8-/t17-,18+,19+,20+,21-,22-,29+/m0/s1. The lowest BCUT2D eigenvalue weighted by Crippen LogP contribution is -2.59. The van der Waals surface area contributed by atoms with Crippen LogP contribution in [0.3, 0.4) is 0 Å². The van der Waals surface area contributed by atoms with E-state index in [1.54, 1.807) is 27.7 Å². The fourth-order valence-electron chi connectivity index (χ4n) is 5.93. The third kappa shape index (κ3) is 7.24. The highest BCUT2D eigenvalue weighted by Gasteiger charge is 2.63. The number of nitrogens with one attached hydrogen (secondary N) is 3. The second-order valence-electron chi connectivity index (χ2n) is 13.9. The highest BCUT2D eigenvalue weighted by Crippen LogP contribution is 2.47. The third-order valence-electron chi connectivity index (χ3n) is 8.91. The van der Waals surface area contributed by atoms with Gasteiger partial charge in [-0.25, -0.2) is 13.2 Å². The Hall–Kier alpha value is -1.90. The number of halogens is 1. The lowest BCUT2D eigenvalue weighted by Gasteiger charge is -2.33. The molecule has 0 aromatic rings. The van der Waals surface area contributed by atoms with Crippen LogP contribution in [-0.4, -0.2) is 75.6 Å². The van der Waals surface area contributed by atoms with Crippen LogP contribution in [-0.2, 0) is 29.1 Å². The molecule has 2 heterocycles. The Morgan fingerprint density at radius 3 is 2.45 bits per heavy atom. The van der Waals surface area contributed by atoms with E-state index in [2.05, 4.69) is 44.9 Å². The SMILES string of the molecule is C[C@H]1CC/C=C\[C@@H]2C[C@@]2(C(=O)NS(=O)(=O)C2(C)CC2)NC(=O)[C@@H]2C[C@@H](I)CN2C(=O)[C@@H](NC(=O)OC(C)(C)C)[C@H](C)C1. The summed E-state index contributed by atoms with van der Waals surface area (Å²) in [5.41, 5.74) is -2.16. The molecule has 2 aliphatic heterocycles. The number of fused-ring (bicyclic) bond motifs is 2. The minimum absolute atomic E-state index is 0.0209. The first-order chi connectivity index (χ1) is 19.4. The van der Waals surface area contributed by atoms with Crippen molar-refractivity contribution in [1.82, 2.24) is 20.3 Å². The van der Waals surface area contributed by atoms with Gasteiger partial charge < -0.3 is 20.3 Å². The summed E-state index contributed by atoms with van der Waals surface area (Å²) in [4.78, 5) is 55.7. The monoisotopic (exact) mass is 720 g/mol. The second-order valence-corrected chi connectivity index (χ2v) is 17.9. The number of sulfonamides is 1. The van der Waals surface area contributed by atoms with Crippen molar-refractivity contribution in [1.29, 1.82) is 0 Å². The van der Waals surface area contributed by atoms with Crippen molar-refractivity contribution in [2.24, 2.45) is 17.8 Å². The Labute approximate surface area is 262 Å². The molecule has 13 heteroatoms. The fourth-order valence-corrected chi connectivity index (χ4v) is 8.15. The van der Waals surface area contributed by atoms with Crippen LogP contribution in [0.2, 0.25) is 0 Å². The molecular weight excluding hydrogens is 675 g/mol. The summed E-state index contributed by atoms with van der Waals surface area (Å²) in [7, 11) is -3.90. The molecule has 0 unspecified atom stereocenters. The van der Waals surface area contributed by atoms with Crippen molar-refractivity contribution >= 4 is 56.4 Å². The summed E-state index contributed by atoms with van der Waals surface area (Å²) in [5.74, 6) is -1.97. The largest absolute Gasteiger partial charge is 0.444 e. The minimum Gasteiger partial charge on any atom is -0.444 e. The number of alkyl halides is 1. The Bertz CT molecular complexity index is 1240. The molecule has 2 saturated carbocycles. The molecule has 0 radical (unpaired) electrons. The minimum atomic E-state index is -3.90. The zero-order chi connectivity index (χ0) is 31.3. The van der Waals surface area contributed by atoms with Crippen LogP contribution in [0.15, 0.2) is 12.2 Å². The summed E-state index contributed by atoms with van der Waals surface area (Å²) in [6.45, 7) is 11.2. The average Bonchev–Trinajstić information content (AvgIpc) is 3.74. The third-order valence-corrected chi connectivity index (χ3v) is 12.0. The van der Waals surface area contributed by atoms with E-state index in [1.807, 2.05) is 19.1 Å². The number of hydrogen-bond donors (Lipinski definition) is 3. The van der Waals surface area contributed by atoms with Gasteiger partial charge in [0.1, 0.15) is 23.2 Å². The van der Waals surface area contributed by atoms with Gasteiger partial charge in [-0.2, -0.15) is 0 Å². The van der Waals surface area contributed by atoms with Gasteiger partial charge in [-0.3, -0.25) is 19.1 Å². The zero-order valence-corrected chi connectivity index (χ0v) is 28.3. The van der Waals surface area contributed by atoms with E-state index in [0.29, 0.717) is 32.2 Å². The van der Waals surface area contributed by atoms with E-state index in [0.717, 1.165) is 12.8 Å². The predicted molar refractivity (Wildman–Crippen MR) is 166 cm³/mol. The molecule has 236 valence electrons. The molecule has 0 aromatic heterocycles. The Kier molecular flexibility index (Phi) is 9.34. The summed E-state index contributed by atoms with van der Waals surface area (Å²) in [5, 5.41) is 5.66. The molecule has 4 rings (SSSR count). The molecule has 0 spiro atoms. The zero-order valence-electron chi connectivity index (χ0n) is 25.4. The molecule has 4 amide bonds. The molecule has 1 saturated heterocycles. The average molecular weight is 721 g/mol. The molecule has 11 nitrogen and oxygen atoms in total. The van der Waals surface area contributed by atoms with Crippen LogP contribution in [0.5, 0.6) is 0 Å². The van der Waals surface area contributed by atoms with Crippen molar-refractivity contribution in [3.05, 3.63) is 12.2 Å². The maximum Gasteiger partial charge on any atom is 0.408 e. The smallest absolute Gasteiger partial charge is 0.408 e. The molecule has 0 bridgehead atoms. The number of nitrogens with zero attached hydrogens (tertiary/aromatic N) is 1. The number of hydrogen-bond acceptors (Lipinski definition) is 7. The Morgan fingerprint density at radius 2 is 1.83 bits per heavy atom. The normalized spacial score (nSPS) is 35.8. The first-order valence-electron chi connectivity index (χ1n) is 14.9. The van der Waals surface area contributed by atoms with Crippen LogP contribution < -0.4 is 15.4 Å². The molecule has 0 aromatic carbocycles. The van der Waals surface area contributed by atoms with E-state index < -0.39 is 55.9 Å². The second kappa shape index (κ2) is 11.9. The maximum absolute atomic E-state index is 14.1. The van der Waals surface area contributed by atoms with Gasteiger partial charge in [0.15, 0.2) is 0 Å². The van der Waals surface area contributed by atoms with Crippen molar-refractivity contribution in [2.45, 2.75) is 118 Å². The van der Waals surface area contributed by atoms with Gasteiger partial charge in [-0.1, -0.05) is 48.6 Å². The van der Waals surface area contributed by atoms with Crippen molar-refractivity contribution in [2.75, 3.05) is 6.54 Å². The van der Waals surface area contributed by atoms with Crippen molar-refractivity contribution < 1.29 is 32.3 Å². The summed E-state index contributed by atoms with van der Waals surface area (Å²) in [6.07, 6.45) is 6.98. The van der Waals surface area contributed by atoms with Gasteiger partial charge in [0.05, 0.1) is 4.75 Å².